The van der Waals surface area contributed by atoms with Crippen molar-refractivity contribution in [2.45, 2.75) is 32.7 Å². The molecule has 18 heavy (non-hydrogen) atoms. The topological polar surface area (TPSA) is 50.3 Å². The van der Waals surface area contributed by atoms with Crippen molar-refractivity contribution in [3.63, 3.8) is 0 Å². The number of piperidine rings is 1. The van der Waals surface area contributed by atoms with Crippen LogP contribution in [-0.4, -0.2) is 42.3 Å². The molecule has 0 radical (unpaired) electrons. The summed E-state index contributed by atoms with van der Waals surface area (Å²) in [7, 11) is 0. The molecular formula is C13H22N4O. The highest BCUT2D eigenvalue weighted by molar-refractivity contribution is 5.42. The maximum absolute atomic E-state index is 5.44. The summed E-state index contributed by atoms with van der Waals surface area (Å²) in [6.07, 6.45) is 4.03. The zero-order valence-electron chi connectivity index (χ0n) is 11.2. The Morgan fingerprint density at radius 3 is 3.00 bits per heavy atom. The van der Waals surface area contributed by atoms with Gasteiger partial charge in [-0.1, -0.05) is 0 Å². The van der Waals surface area contributed by atoms with Gasteiger partial charge < -0.3 is 15.0 Å². The second kappa shape index (κ2) is 6.54. The highest BCUT2D eigenvalue weighted by atomic mass is 16.5. The number of hydrogen-bond donors (Lipinski definition) is 1. The summed E-state index contributed by atoms with van der Waals surface area (Å²) < 4.78 is 5.44. The van der Waals surface area contributed by atoms with Crippen LogP contribution in [-0.2, 0) is 0 Å². The van der Waals surface area contributed by atoms with Gasteiger partial charge in [0.25, 0.3) is 0 Å². The van der Waals surface area contributed by atoms with Gasteiger partial charge in [-0.25, -0.2) is 9.97 Å². The Hall–Kier alpha value is -1.36. The van der Waals surface area contributed by atoms with Crippen LogP contribution in [0.15, 0.2) is 12.4 Å². The fourth-order valence-corrected chi connectivity index (χ4v) is 2.42. The maximum Gasteiger partial charge on any atom is 0.218 e. The van der Waals surface area contributed by atoms with Crippen molar-refractivity contribution in [2.75, 3.05) is 31.1 Å². The van der Waals surface area contributed by atoms with Crippen molar-refractivity contribution in [1.82, 2.24) is 15.3 Å². The first kappa shape index (κ1) is 13.1. The molecule has 1 aromatic rings. The molecule has 1 unspecified atom stereocenters. The van der Waals surface area contributed by atoms with Crippen LogP contribution in [0.25, 0.3) is 0 Å². The minimum absolute atomic E-state index is 0.521. The SMILES string of the molecule is CCOc1cc(N(CC)C2CCCNC2)ncn1. The van der Waals surface area contributed by atoms with E-state index in [2.05, 4.69) is 27.1 Å². The molecule has 0 bridgehead atoms. The van der Waals surface area contributed by atoms with E-state index in [9.17, 15) is 0 Å². The van der Waals surface area contributed by atoms with Gasteiger partial charge in [0, 0.05) is 25.2 Å². The van der Waals surface area contributed by atoms with Crippen LogP contribution in [0.3, 0.4) is 0 Å². The molecule has 0 spiro atoms. The van der Waals surface area contributed by atoms with Gasteiger partial charge >= 0.3 is 0 Å². The lowest BCUT2D eigenvalue weighted by Crippen LogP contribution is -2.46. The lowest BCUT2D eigenvalue weighted by molar-refractivity contribution is 0.326. The summed E-state index contributed by atoms with van der Waals surface area (Å²) in [5.41, 5.74) is 0. The standard InChI is InChI=1S/C13H22N4O/c1-3-17(11-6-5-7-14-9-11)12-8-13(18-4-2)16-10-15-12/h8,10-11,14H,3-7,9H2,1-2H3. The summed E-state index contributed by atoms with van der Waals surface area (Å²) in [5, 5.41) is 3.44. The zero-order chi connectivity index (χ0) is 12.8. The fraction of sp³-hybridized carbons (Fsp3) is 0.692. The third kappa shape index (κ3) is 3.10. The third-order valence-corrected chi connectivity index (χ3v) is 3.27. The van der Waals surface area contributed by atoms with Crippen molar-refractivity contribution >= 4 is 5.82 Å². The molecule has 1 aliphatic rings. The van der Waals surface area contributed by atoms with Crippen LogP contribution in [0.5, 0.6) is 5.88 Å². The quantitative estimate of drug-likeness (QED) is 0.857. The molecule has 2 rings (SSSR count). The lowest BCUT2D eigenvalue weighted by Gasteiger charge is -2.34. The molecule has 5 heteroatoms. The molecule has 1 aliphatic heterocycles. The lowest BCUT2D eigenvalue weighted by atomic mass is 10.1. The average molecular weight is 250 g/mol. The number of rotatable bonds is 5. The molecule has 1 aromatic heterocycles. The van der Waals surface area contributed by atoms with Crippen LogP contribution in [0.4, 0.5) is 5.82 Å². The predicted octanol–water partition coefficient (Wildman–Crippen LogP) is 1.45. The van der Waals surface area contributed by atoms with E-state index in [0.717, 1.165) is 25.5 Å². The van der Waals surface area contributed by atoms with Gasteiger partial charge in [0.1, 0.15) is 12.1 Å². The molecule has 1 N–H and O–H groups in total. The fourth-order valence-electron chi connectivity index (χ4n) is 2.42. The van der Waals surface area contributed by atoms with E-state index in [1.54, 1.807) is 6.33 Å². The molecule has 2 heterocycles. The molecule has 100 valence electrons. The Kier molecular flexibility index (Phi) is 4.75. The first-order chi connectivity index (χ1) is 8.85. The number of anilines is 1. The van der Waals surface area contributed by atoms with Gasteiger partial charge in [0.2, 0.25) is 5.88 Å². The maximum atomic E-state index is 5.44. The van der Waals surface area contributed by atoms with E-state index in [-0.39, 0.29) is 0 Å². The van der Waals surface area contributed by atoms with Gasteiger partial charge in [0.15, 0.2) is 0 Å². The summed E-state index contributed by atoms with van der Waals surface area (Å²) in [4.78, 5) is 10.8. The molecule has 0 saturated carbocycles. The molecule has 1 saturated heterocycles. The van der Waals surface area contributed by atoms with E-state index >= 15 is 0 Å². The van der Waals surface area contributed by atoms with Crippen LogP contribution in [0.1, 0.15) is 26.7 Å². The van der Waals surface area contributed by atoms with E-state index in [4.69, 9.17) is 4.74 Å². The normalized spacial score (nSPS) is 19.6. The van der Waals surface area contributed by atoms with Gasteiger partial charge in [-0.3, -0.25) is 0 Å². The first-order valence-corrected chi connectivity index (χ1v) is 6.77. The number of ether oxygens (including phenoxy) is 1. The number of nitrogens with zero attached hydrogens (tertiary/aromatic N) is 3. The van der Waals surface area contributed by atoms with E-state index in [1.807, 2.05) is 13.0 Å². The average Bonchev–Trinajstić information content (AvgIpc) is 2.42. The molecule has 0 aromatic carbocycles. The number of likely N-dealkylation sites (N-methyl/N-ethyl adjacent to an activating group) is 1. The van der Waals surface area contributed by atoms with Crippen molar-refractivity contribution in [1.29, 1.82) is 0 Å². The Morgan fingerprint density at radius 2 is 2.33 bits per heavy atom. The smallest absolute Gasteiger partial charge is 0.218 e. The highest BCUT2D eigenvalue weighted by Gasteiger charge is 2.21. The van der Waals surface area contributed by atoms with Crippen molar-refractivity contribution in [2.24, 2.45) is 0 Å². The van der Waals surface area contributed by atoms with Crippen molar-refractivity contribution in [3.8, 4) is 5.88 Å². The number of nitrogens with one attached hydrogen (secondary N) is 1. The summed E-state index contributed by atoms with van der Waals surface area (Å²) in [5.74, 6) is 1.62. The molecule has 5 nitrogen and oxygen atoms in total. The van der Waals surface area contributed by atoms with Crippen LogP contribution < -0.4 is 15.0 Å². The third-order valence-electron chi connectivity index (χ3n) is 3.27. The number of hydrogen-bond acceptors (Lipinski definition) is 5. The largest absolute Gasteiger partial charge is 0.478 e. The Balaban J connectivity index is 2.12. The first-order valence-electron chi connectivity index (χ1n) is 6.77. The molecule has 0 amide bonds. The van der Waals surface area contributed by atoms with Crippen molar-refractivity contribution < 1.29 is 4.74 Å². The van der Waals surface area contributed by atoms with E-state index in [1.165, 1.54) is 12.8 Å². The second-order valence-corrected chi connectivity index (χ2v) is 4.43. The Morgan fingerprint density at radius 1 is 1.44 bits per heavy atom. The molecule has 0 aliphatic carbocycles. The monoisotopic (exact) mass is 250 g/mol. The van der Waals surface area contributed by atoms with Crippen LogP contribution in [0.2, 0.25) is 0 Å². The van der Waals surface area contributed by atoms with Crippen molar-refractivity contribution in [3.05, 3.63) is 12.4 Å². The molecule has 1 fully saturated rings. The minimum atomic E-state index is 0.521. The zero-order valence-corrected chi connectivity index (χ0v) is 11.2. The van der Waals surface area contributed by atoms with Crippen LogP contribution >= 0.6 is 0 Å². The molecule has 1 atom stereocenters. The summed E-state index contributed by atoms with van der Waals surface area (Å²) in [6, 6.07) is 2.45. The Bertz CT molecular complexity index is 366. The van der Waals surface area contributed by atoms with Gasteiger partial charge in [-0.15, -0.1) is 0 Å². The van der Waals surface area contributed by atoms with Gasteiger partial charge in [-0.05, 0) is 33.2 Å². The predicted molar refractivity (Wildman–Crippen MR) is 72.1 cm³/mol. The number of aromatic nitrogens is 2. The summed E-state index contributed by atoms with van der Waals surface area (Å²) in [6.45, 7) is 7.87. The highest BCUT2D eigenvalue weighted by Crippen LogP contribution is 2.20. The van der Waals surface area contributed by atoms with E-state index in [0.29, 0.717) is 18.5 Å². The van der Waals surface area contributed by atoms with E-state index < -0.39 is 0 Å². The Labute approximate surface area is 109 Å². The minimum Gasteiger partial charge on any atom is -0.478 e. The molecular weight excluding hydrogens is 228 g/mol. The van der Waals surface area contributed by atoms with Gasteiger partial charge in [-0.2, -0.15) is 0 Å². The van der Waals surface area contributed by atoms with Crippen LogP contribution in [0, 0.1) is 0 Å². The summed E-state index contributed by atoms with van der Waals surface area (Å²) >= 11 is 0. The second-order valence-electron chi connectivity index (χ2n) is 4.43. The van der Waals surface area contributed by atoms with Gasteiger partial charge in [0.05, 0.1) is 6.61 Å².